The molecule has 0 aromatic carbocycles. The van der Waals surface area contributed by atoms with Crippen molar-refractivity contribution >= 4 is 5.97 Å². The number of esters is 1. The maximum atomic E-state index is 12.3. The zero-order valence-corrected chi connectivity index (χ0v) is 11.8. The molecule has 1 aromatic rings. The van der Waals surface area contributed by atoms with Crippen LogP contribution in [0.1, 0.15) is 29.9 Å². The summed E-state index contributed by atoms with van der Waals surface area (Å²) in [6, 6.07) is -0.346. The summed E-state index contributed by atoms with van der Waals surface area (Å²) in [4.78, 5) is 14.5. The van der Waals surface area contributed by atoms with Gasteiger partial charge < -0.3 is 10.1 Å². The Bertz CT molecular complexity index is 418. The third-order valence-corrected chi connectivity index (χ3v) is 3.49. The quantitative estimate of drug-likeness (QED) is 0.778. The van der Waals surface area contributed by atoms with E-state index in [4.69, 9.17) is 4.74 Å². The van der Waals surface area contributed by atoms with Crippen molar-refractivity contribution in [1.82, 2.24) is 20.4 Å². The van der Waals surface area contributed by atoms with Crippen molar-refractivity contribution in [3.8, 4) is 0 Å². The molecule has 2 heterocycles. The monoisotopic (exact) mass is 266 g/mol. The minimum atomic E-state index is -0.346. The molecule has 106 valence electrons. The minimum Gasteiger partial charge on any atom is -0.465 e. The van der Waals surface area contributed by atoms with Crippen LogP contribution in [-0.2, 0) is 9.53 Å². The number of aromatic nitrogens is 2. The predicted octanol–water partition coefficient (Wildman–Crippen LogP) is 0.536. The standard InChI is InChI=1S/C13H22N4O2/c1-4-19-13(18)12(17-7-5-14-6-8-17)11-9(2)15-16-10(11)3/h12,14H,4-8H2,1-3H3,(H,15,16). The Morgan fingerprint density at radius 3 is 2.63 bits per heavy atom. The first-order valence-electron chi connectivity index (χ1n) is 6.78. The van der Waals surface area contributed by atoms with Gasteiger partial charge in [-0.3, -0.25) is 10.00 Å². The Hall–Kier alpha value is -1.40. The van der Waals surface area contributed by atoms with E-state index in [-0.39, 0.29) is 12.0 Å². The molecular formula is C13H22N4O2. The van der Waals surface area contributed by atoms with Crippen molar-refractivity contribution < 1.29 is 9.53 Å². The summed E-state index contributed by atoms with van der Waals surface area (Å²) in [6.45, 7) is 9.58. The molecule has 1 aliphatic heterocycles. The SMILES string of the molecule is CCOC(=O)C(c1c(C)n[nH]c1C)N1CCNCC1. The van der Waals surface area contributed by atoms with Gasteiger partial charge in [-0.25, -0.2) is 4.79 Å². The van der Waals surface area contributed by atoms with Gasteiger partial charge in [-0.1, -0.05) is 0 Å². The van der Waals surface area contributed by atoms with Gasteiger partial charge in [0, 0.05) is 37.4 Å². The lowest BCUT2D eigenvalue weighted by Crippen LogP contribution is -2.47. The molecule has 2 N–H and O–H groups in total. The molecule has 1 aliphatic rings. The third kappa shape index (κ3) is 2.96. The first kappa shape index (κ1) is 14.0. The van der Waals surface area contributed by atoms with Gasteiger partial charge in [0.25, 0.3) is 0 Å². The van der Waals surface area contributed by atoms with Crippen LogP contribution in [0.4, 0.5) is 0 Å². The molecule has 0 bridgehead atoms. The highest BCUT2D eigenvalue weighted by Crippen LogP contribution is 2.27. The largest absolute Gasteiger partial charge is 0.465 e. The van der Waals surface area contributed by atoms with Crippen LogP contribution < -0.4 is 5.32 Å². The topological polar surface area (TPSA) is 70.2 Å². The summed E-state index contributed by atoms with van der Waals surface area (Å²) in [5.74, 6) is -0.183. The molecule has 0 saturated carbocycles. The first-order valence-corrected chi connectivity index (χ1v) is 6.78. The maximum absolute atomic E-state index is 12.3. The molecule has 19 heavy (non-hydrogen) atoms. The van der Waals surface area contributed by atoms with Crippen LogP contribution in [0.2, 0.25) is 0 Å². The Balaban J connectivity index is 2.30. The predicted molar refractivity (Wildman–Crippen MR) is 71.9 cm³/mol. The van der Waals surface area contributed by atoms with E-state index in [9.17, 15) is 4.79 Å². The number of nitrogens with zero attached hydrogens (tertiary/aromatic N) is 2. The Kier molecular flexibility index (Phi) is 4.55. The van der Waals surface area contributed by atoms with Gasteiger partial charge in [0.15, 0.2) is 0 Å². The van der Waals surface area contributed by atoms with Gasteiger partial charge in [0.1, 0.15) is 6.04 Å². The fourth-order valence-electron chi connectivity index (χ4n) is 2.57. The zero-order chi connectivity index (χ0) is 13.8. The van der Waals surface area contributed by atoms with Gasteiger partial charge in [-0.05, 0) is 20.8 Å². The molecule has 1 saturated heterocycles. The van der Waals surface area contributed by atoms with Crippen LogP contribution in [0.15, 0.2) is 0 Å². The second-order valence-corrected chi connectivity index (χ2v) is 4.79. The maximum Gasteiger partial charge on any atom is 0.328 e. The van der Waals surface area contributed by atoms with Crippen LogP contribution in [0, 0.1) is 13.8 Å². The molecule has 2 rings (SSSR count). The highest BCUT2D eigenvalue weighted by atomic mass is 16.5. The number of H-pyrrole nitrogens is 1. The van der Waals surface area contributed by atoms with Crippen molar-refractivity contribution in [3.63, 3.8) is 0 Å². The Morgan fingerprint density at radius 2 is 2.11 bits per heavy atom. The summed E-state index contributed by atoms with van der Waals surface area (Å²) in [5, 5.41) is 10.5. The molecule has 1 unspecified atom stereocenters. The van der Waals surface area contributed by atoms with E-state index in [0.717, 1.165) is 43.1 Å². The summed E-state index contributed by atoms with van der Waals surface area (Å²) in [5.41, 5.74) is 2.77. The lowest BCUT2D eigenvalue weighted by atomic mass is 10.0. The summed E-state index contributed by atoms with van der Waals surface area (Å²) < 4.78 is 5.25. The highest BCUT2D eigenvalue weighted by Gasteiger charge is 2.33. The van der Waals surface area contributed by atoms with E-state index >= 15 is 0 Å². The third-order valence-electron chi connectivity index (χ3n) is 3.49. The number of carbonyl (C=O) groups is 1. The molecule has 1 atom stereocenters. The Morgan fingerprint density at radius 1 is 1.42 bits per heavy atom. The zero-order valence-electron chi connectivity index (χ0n) is 11.8. The van der Waals surface area contributed by atoms with E-state index in [1.165, 1.54) is 0 Å². The van der Waals surface area contributed by atoms with Gasteiger partial charge >= 0.3 is 5.97 Å². The van der Waals surface area contributed by atoms with Crippen LogP contribution in [-0.4, -0.2) is 53.9 Å². The summed E-state index contributed by atoms with van der Waals surface area (Å²) >= 11 is 0. The van der Waals surface area contributed by atoms with E-state index < -0.39 is 0 Å². The average molecular weight is 266 g/mol. The van der Waals surface area contributed by atoms with Crippen LogP contribution in [0.3, 0.4) is 0 Å². The van der Waals surface area contributed by atoms with Crippen molar-refractivity contribution in [2.75, 3.05) is 32.8 Å². The number of ether oxygens (including phenoxy) is 1. The fourth-order valence-corrected chi connectivity index (χ4v) is 2.57. The molecule has 6 nitrogen and oxygen atoms in total. The van der Waals surface area contributed by atoms with Gasteiger partial charge in [0.05, 0.1) is 12.3 Å². The molecule has 0 aliphatic carbocycles. The molecule has 0 spiro atoms. The number of nitrogens with one attached hydrogen (secondary N) is 2. The van der Waals surface area contributed by atoms with E-state index in [1.807, 2.05) is 20.8 Å². The molecule has 0 radical (unpaired) electrons. The number of carbonyl (C=O) groups excluding carboxylic acids is 1. The molecule has 0 amide bonds. The van der Waals surface area contributed by atoms with Crippen LogP contribution >= 0.6 is 0 Å². The lowest BCUT2D eigenvalue weighted by molar-refractivity contribution is -0.150. The van der Waals surface area contributed by atoms with Crippen molar-refractivity contribution in [3.05, 3.63) is 17.0 Å². The second kappa shape index (κ2) is 6.16. The van der Waals surface area contributed by atoms with Gasteiger partial charge in [-0.2, -0.15) is 5.10 Å². The number of rotatable bonds is 4. The normalized spacial score (nSPS) is 18.3. The fraction of sp³-hybridized carbons (Fsp3) is 0.692. The van der Waals surface area contributed by atoms with Crippen molar-refractivity contribution in [2.24, 2.45) is 0 Å². The molecule has 1 fully saturated rings. The van der Waals surface area contributed by atoms with E-state index in [2.05, 4.69) is 20.4 Å². The number of aryl methyl sites for hydroxylation is 2. The van der Waals surface area contributed by atoms with Gasteiger partial charge in [0.2, 0.25) is 0 Å². The molecule has 6 heteroatoms. The minimum absolute atomic E-state index is 0.183. The average Bonchev–Trinajstić information content (AvgIpc) is 2.73. The van der Waals surface area contributed by atoms with Gasteiger partial charge in [-0.15, -0.1) is 0 Å². The second-order valence-electron chi connectivity index (χ2n) is 4.79. The number of hydrogen-bond donors (Lipinski definition) is 2. The van der Waals surface area contributed by atoms with Crippen molar-refractivity contribution in [1.29, 1.82) is 0 Å². The highest BCUT2D eigenvalue weighted by molar-refractivity contribution is 5.78. The smallest absolute Gasteiger partial charge is 0.328 e. The van der Waals surface area contributed by atoms with Crippen molar-refractivity contribution in [2.45, 2.75) is 26.8 Å². The first-order chi connectivity index (χ1) is 9.15. The molecule has 1 aromatic heterocycles. The number of hydrogen-bond acceptors (Lipinski definition) is 5. The number of piperazine rings is 1. The Labute approximate surface area is 113 Å². The van der Waals surface area contributed by atoms with Crippen LogP contribution in [0.25, 0.3) is 0 Å². The van der Waals surface area contributed by atoms with E-state index in [1.54, 1.807) is 0 Å². The van der Waals surface area contributed by atoms with Crippen LogP contribution in [0.5, 0.6) is 0 Å². The lowest BCUT2D eigenvalue weighted by Gasteiger charge is -2.33. The number of aromatic amines is 1. The molecular weight excluding hydrogens is 244 g/mol. The van der Waals surface area contributed by atoms with E-state index in [0.29, 0.717) is 6.61 Å². The summed E-state index contributed by atoms with van der Waals surface area (Å²) in [7, 11) is 0. The summed E-state index contributed by atoms with van der Waals surface area (Å²) in [6.07, 6.45) is 0.